The minimum atomic E-state index is -0.861. The van der Waals surface area contributed by atoms with Crippen molar-refractivity contribution in [2.75, 3.05) is 0 Å². The first kappa shape index (κ1) is 14.1. The van der Waals surface area contributed by atoms with Crippen LogP contribution in [0.5, 0.6) is 0 Å². The van der Waals surface area contributed by atoms with Crippen molar-refractivity contribution >= 4 is 21.8 Å². The average molecular weight is 306 g/mol. The van der Waals surface area contributed by atoms with Crippen LogP contribution in [0.4, 0.5) is 8.78 Å². The van der Waals surface area contributed by atoms with E-state index < -0.39 is 28.6 Å². The number of benzene rings is 1. The molecule has 1 unspecified atom stereocenters. The number of rotatable bonds is 3. The van der Waals surface area contributed by atoms with E-state index in [1.54, 1.807) is 13.8 Å². The van der Waals surface area contributed by atoms with Crippen molar-refractivity contribution in [3.63, 3.8) is 0 Å². The number of hydrogen-bond donors (Lipinski definition) is 1. The third kappa shape index (κ3) is 3.25. The predicted octanol–water partition coefficient (Wildman–Crippen LogP) is 3.26. The lowest BCUT2D eigenvalue weighted by molar-refractivity contribution is 0.0905. The molecule has 0 aliphatic carbocycles. The molecule has 0 bridgehead atoms. The monoisotopic (exact) mass is 305 g/mol. The Morgan fingerprint density at radius 3 is 2.24 bits per heavy atom. The molecule has 0 fully saturated rings. The van der Waals surface area contributed by atoms with Gasteiger partial charge in [0.2, 0.25) is 0 Å². The second kappa shape index (κ2) is 5.12. The normalized spacial score (nSPS) is 13.3. The molecule has 1 aromatic carbocycles. The van der Waals surface area contributed by atoms with Gasteiger partial charge in [0.25, 0.3) is 5.91 Å². The maximum atomic E-state index is 13.4. The standard InChI is InChI=1S/C12H14BrF2NO/c1-7(13)12(2,3)16-11(17)10-8(14)5-4-6-9(10)15/h4-7H,1-3H3,(H,16,17). The van der Waals surface area contributed by atoms with Gasteiger partial charge in [-0.05, 0) is 26.0 Å². The van der Waals surface area contributed by atoms with Crippen molar-refractivity contribution in [3.8, 4) is 0 Å². The summed E-state index contributed by atoms with van der Waals surface area (Å²) < 4.78 is 26.7. The maximum Gasteiger partial charge on any atom is 0.257 e. The van der Waals surface area contributed by atoms with Gasteiger partial charge in [0.05, 0.1) is 0 Å². The third-order valence-corrected chi connectivity index (χ3v) is 3.76. The second-order valence-electron chi connectivity index (χ2n) is 4.39. The Morgan fingerprint density at radius 1 is 1.35 bits per heavy atom. The zero-order valence-electron chi connectivity index (χ0n) is 9.85. The molecule has 0 aliphatic heterocycles. The molecule has 1 aromatic rings. The molecule has 0 radical (unpaired) electrons. The van der Waals surface area contributed by atoms with Crippen LogP contribution in [0.2, 0.25) is 0 Å². The molecule has 0 aliphatic rings. The van der Waals surface area contributed by atoms with Crippen LogP contribution in [0.3, 0.4) is 0 Å². The number of alkyl halides is 1. The van der Waals surface area contributed by atoms with Gasteiger partial charge in [-0.1, -0.05) is 28.9 Å². The fraction of sp³-hybridized carbons (Fsp3) is 0.417. The van der Waals surface area contributed by atoms with E-state index in [0.717, 1.165) is 12.1 Å². The molecule has 1 N–H and O–H groups in total. The highest BCUT2D eigenvalue weighted by Crippen LogP contribution is 2.19. The SMILES string of the molecule is CC(Br)C(C)(C)NC(=O)c1c(F)cccc1F. The van der Waals surface area contributed by atoms with E-state index in [4.69, 9.17) is 0 Å². The summed E-state index contributed by atoms with van der Waals surface area (Å²) in [5, 5.41) is 2.59. The van der Waals surface area contributed by atoms with Gasteiger partial charge in [0, 0.05) is 10.4 Å². The highest BCUT2D eigenvalue weighted by molar-refractivity contribution is 9.09. The van der Waals surface area contributed by atoms with Crippen molar-refractivity contribution < 1.29 is 13.6 Å². The molecule has 1 atom stereocenters. The molecule has 94 valence electrons. The molecule has 1 amide bonds. The average Bonchev–Trinajstić information content (AvgIpc) is 2.15. The van der Waals surface area contributed by atoms with Crippen LogP contribution >= 0.6 is 15.9 Å². The van der Waals surface area contributed by atoms with E-state index in [1.807, 2.05) is 6.92 Å². The quantitative estimate of drug-likeness (QED) is 0.853. The Bertz CT molecular complexity index is 412. The van der Waals surface area contributed by atoms with Crippen LogP contribution in [0.15, 0.2) is 18.2 Å². The first-order valence-corrected chi connectivity index (χ1v) is 6.08. The summed E-state index contributed by atoms with van der Waals surface area (Å²) in [4.78, 5) is 11.8. The van der Waals surface area contributed by atoms with E-state index in [1.165, 1.54) is 6.07 Å². The summed E-state index contributed by atoms with van der Waals surface area (Å²) in [6, 6.07) is 3.34. The van der Waals surface area contributed by atoms with E-state index in [2.05, 4.69) is 21.2 Å². The Labute approximate surface area is 108 Å². The Kier molecular flexibility index (Phi) is 4.25. The van der Waals surface area contributed by atoms with Crippen LogP contribution in [0, 0.1) is 11.6 Å². The summed E-state index contributed by atoms with van der Waals surface area (Å²) in [7, 11) is 0. The maximum absolute atomic E-state index is 13.4. The van der Waals surface area contributed by atoms with Crippen molar-refractivity contribution in [1.82, 2.24) is 5.32 Å². The summed E-state index contributed by atoms with van der Waals surface area (Å²) in [6.07, 6.45) is 0. The number of halogens is 3. The predicted molar refractivity (Wildman–Crippen MR) is 66.3 cm³/mol. The molecule has 0 saturated carbocycles. The Balaban J connectivity index is 2.99. The van der Waals surface area contributed by atoms with Crippen molar-refractivity contribution in [3.05, 3.63) is 35.4 Å². The molecule has 0 aromatic heterocycles. The highest BCUT2D eigenvalue weighted by Gasteiger charge is 2.28. The largest absolute Gasteiger partial charge is 0.346 e. The fourth-order valence-corrected chi connectivity index (χ4v) is 1.28. The number of carbonyl (C=O) groups excluding carboxylic acids is 1. The molecule has 0 heterocycles. The lowest BCUT2D eigenvalue weighted by Gasteiger charge is -2.29. The molecule has 0 saturated heterocycles. The van der Waals surface area contributed by atoms with Gasteiger partial charge in [-0.3, -0.25) is 4.79 Å². The second-order valence-corrected chi connectivity index (χ2v) is 5.76. The summed E-state index contributed by atoms with van der Waals surface area (Å²) in [5.41, 5.74) is -1.15. The number of hydrogen-bond acceptors (Lipinski definition) is 1. The van der Waals surface area contributed by atoms with Gasteiger partial charge in [0.15, 0.2) is 0 Å². The molecule has 5 heteroatoms. The van der Waals surface area contributed by atoms with Crippen molar-refractivity contribution in [1.29, 1.82) is 0 Å². The van der Waals surface area contributed by atoms with E-state index in [9.17, 15) is 13.6 Å². The van der Waals surface area contributed by atoms with Crippen molar-refractivity contribution in [2.24, 2.45) is 0 Å². The first-order chi connectivity index (χ1) is 7.75. The van der Waals surface area contributed by atoms with Gasteiger partial charge in [-0.2, -0.15) is 0 Å². The minimum Gasteiger partial charge on any atom is -0.346 e. The lowest BCUT2D eigenvalue weighted by Crippen LogP contribution is -2.49. The van der Waals surface area contributed by atoms with Crippen LogP contribution < -0.4 is 5.32 Å². The van der Waals surface area contributed by atoms with Crippen LogP contribution in [-0.4, -0.2) is 16.3 Å². The summed E-state index contributed by atoms with van der Waals surface area (Å²) >= 11 is 3.33. The van der Waals surface area contributed by atoms with E-state index in [0.29, 0.717) is 0 Å². The van der Waals surface area contributed by atoms with Gasteiger partial charge in [-0.25, -0.2) is 8.78 Å². The molecular formula is C12H14BrF2NO. The Hall–Kier alpha value is -0.970. The Morgan fingerprint density at radius 2 is 1.82 bits per heavy atom. The van der Waals surface area contributed by atoms with Gasteiger partial charge < -0.3 is 5.32 Å². The zero-order valence-corrected chi connectivity index (χ0v) is 11.4. The first-order valence-electron chi connectivity index (χ1n) is 5.16. The topological polar surface area (TPSA) is 29.1 Å². The smallest absolute Gasteiger partial charge is 0.257 e. The molecular weight excluding hydrogens is 292 g/mol. The van der Waals surface area contributed by atoms with Crippen molar-refractivity contribution in [2.45, 2.75) is 31.1 Å². The van der Waals surface area contributed by atoms with Gasteiger partial charge in [-0.15, -0.1) is 0 Å². The number of carbonyl (C=O) groups is 1. The third-order valence-electron chi connectivity index (χ3n) is 2.62. The van der Waals surface area contributed by atoms with Crippen LogP contribution in [0.1, 0.15) is 31.1 Å². The van der Waals surface area contributed by atoms with Gasteiger partial charge >= 0.3 is 0 Å². The summed E-state index contributed by atoms with van der Waals surface area (Å²) in [6.45, 7) is 5.38. The van der Waals surface area contributed by atoms with E-state index in [-0.39, 0.29) is 4.83 Å². The minimum absolute atomic E-state index is 0.0335. The fourth-order valence-electron chi connectivity index (χ4n) is 1.17. The molecule has 17 heavy (non-hydrogen) atoms. The van der Waals surface area contributed by atoms with E-state index >= 15 is 0 Å². The molecule has 0 spiro atoms. The molecule has 2 nitrogen and oxygen atoms in total. The lowest BCUT2D eigenvalue weighted by atomic mass is 10.0. The van der Waals surface area contributed by atoms with Gasteiger partial charge in [0.1, 0.15) is 17.2 Å². The zero-order chi connectivity index (χ0) is 13.2. The van der Waals surface area contributed by atoms with Crippen LogP contribution in [-0.2, 0) is 0 Å². The number of amides is 1. The number of nitrogens with one attached hydrogen (secondary N) is 1. The highest BCUT2D eigenvalue weighted by atomic mass is 79.9. The molecule has 1 rings (SSSR count). The summed E-state index contributed by atoms with van der Waals surface area (Å²) in [5.74, 6) is -2.47. The van der Waals surface area contributed by atoms with Crippen LogP contribution in [0.25, 0.3) is 0 Å².